The van der Waals surface area contributed by atoms with E-state index in [1.54, 1.807) is 0 Å². The summed E-state index contributed by atoms with van der Waals surface area (Å²) in [4.78, 5) is 14.8. The van der Waals surface area contributed by atoms with Crippen molar-refractivity contribution in [3.8, 4) is 5.82 Å². The van der Waals surface area contributed by atoms with Crippen molar-refractivity contribution in [2.24, 2.45) is 0 Å². The van der Waals surface area contributed by atoms with Gasteiger partial charge in [-0.3, -0.25) is 15.1 Å². The number of anilines is 1. The molecule has 0 spiro atoms. The predicted octanol–water partition coefficient (Wildman–Crippen LogP) is 0.933. The van der Waals surface area contributed by atoms with Crippen LogP contribution in [0.5, 0.6) is 0 Å². The van der Waals surface area contributed by atoms with Gasteiger partial charge in [0.1, 0.15) is 0 Å². The monoisotopic (exact) mass is 387 g/mol. The lowest BCUT2D eigenvalue weighted by Crippen LogP contribution is -2.35. The van der Waals surface area contributed by atoms with Crippen molar-refractivity contribution in [1.82, 2.24) is 41.1 Å². The maximum Gasteiger partial charge on any atom is 0.292 e. The van der Waals surface area contributed by atoms with E-state index in [1.165, 1.54) is 10.3 Å². The summed E-state index contributed by atoms with van der Waals surface area (Å²) in [5.41, 5.74) is 13.3. The van der Waals surface area contributed by atoms with Crippen LogP contribution in [-0.2, 0) is 6.54 Å². The van der Waals surface area contributed by atoms with Crippen LogP contribution < -0.4 is 16.6 Å². The van der Waals surface area contributed by atoms with Crippen LogP contribution in [-0.4, -0.2) is 49.2 Å². The fourth-order valence-corrected chi connectivity index (χ4v) is 2.90. The Labute approximate surface area is 162 Å². The zero-order valence-electron chi connectivity index (χ0n) is 16.1. The van der Waals surface area contributed by atoms with E-state index >= 15 is 0 Å². The average Bonchev–Trinajstić information content (AvgIpc) is 3.32. The Kier molecular flexibility index (Phi) is 6.37. The van der Waals surface area contributed by atoms with Gasteiger partial charge in [-0.25, -0.2) is 4.63 Å². The van der Waals surface area contributed by atoms with E-state index in [0.29, 0.717) is 12.2 Å². The fraction of sp³-hybridized carbons (Fsp3) is 0.471. The van der Waals surface area contributed by atoms with E-state index in [4.69, 9.17) is 5.73 Å². The van der Waals surface area contributed by atoms with Crippen LogP contribution in [0.4, 0.5) is 5.82 Å². The van der Waals surface area contributed by atoms with Crippen molar-refractivity contribution in [2.75, 3.05) is 18.8 Å². The molecule has 2 aromatic heterocycles. The Balaban J connectivity index is 1.81. The second kappa shape index (κ2) is 9.13. The maximum atomic E-state index is 12.7. The number of carbonyl (C=O) groups excluding carboxylic acids is 1. The van der Waals surface area contributed by atoms with Gasteiger partial charge < -0.3 is 11.2 Å². The van der Waals surface area contributed by atoms with Gasteiger partial charge in [-0.15, -0.1) is 5.10 Å². The lowest BCUT2D eigenvalue weighted by Gasteiger charge is -2.18. The number of hydrazine groups is 1. The molecule has 3 rings (SSSR count). The summed E-state index contributed by atoms with van der Waals surface area (Å²) in [5.74, 6) is -0.115. The molecule has 150 valence electrons. The largest absolute Gasteiger partial charge is 0.378 e. The highest BCUT2D eigenvalue weighted by molar-refractivity contribution is 5.93. The Morgan fingerprint density at radius 3 is 2.82 bits per heavy atom. The topological polar surface area (TPSA) is 140 Å². The number of amides is 1. The van der Waals surface area contributed by atoms with Gasteiger partial charge in [0.05, 0.1) is 5.69 Å². The van der Waals surface area contributed by atoms with E-state index in [0.717, 1.165) is 32.4 Å². The van der Waals surface area contributed by atoms with Crippen LogP contribution in [0.3, 0.4) is 0 Å². The fourth-order valence-electron chi connectivity index (χ4n) is 2.90. The molecule has 2 heterocycles. The molecule has 0 aliphatic heterocycles. The number of nitrogen functional groups attached to an aromatic ring is 1. The SMILES string of the molecule is CCN(CC)Cc1c(C(=O)NNC=C2CC=CCC2)nnn1-c1nonc1N. The Morgan fingerprint density at radius 1 is 1.36 bits per heavy atom. The highest BCUT2D eigenvalue weighted by atomic mass is 16.6. The van der Waals surface area contributed by atoms with Crippen LogP contribution in [0.15, 0.2) is 28.6 Å². The molecule has 1 aliphatic carbocycles. The molecule has 4 N–H and O–H groups in total. The number of nitrogens with one attached hydrogen (secondary N) is 2. The van der Waals surface area contributed by atoms with Crippen molar-refractivity contribution in [2.45, 2.75) is 39.7 Å². The number of allylic oxidation sites excluding steroid dienone is 3. The van der Waals surface area contributed by atoms with Gasteiger partial charge in [-0.2, -0.15) is 4.68 Å². The number of nitrogens with zero attached hydrogens (tertiary/aromatic N) is 6. The first-order valence-electron chi connectivity index (χ1n) is 9.28. The van der Waals surface area contributed by atoms with E-state index in [-0.39, 0.29) is 17.3 Å². The molecule has 0 radical (unpaired) electrons. The first-order valence-corrected chi connectivity index (χ1v) is 9.28. The molecule has 1 aliphatic rings. The number of hydrogen-bond donors (Lipinski definition) is 3. The minimum absolute atomic E-state index is 0.0749. The molecule has 11 nitrogen and oxygen atoms in total. The molecule has 11 heteroatoms. The lowest BCUT2D eigenvalue weighted by atomic mass is 10.0. The van der Waals surface area contributed by atoms with Crippen molar-refractivity contribution < 1.29 is 9.42 Å². The third-order valence-electron chi connectivity index (χ3n) is 4.58. The van der Waals surface area contributed by atoms with Gasteiger partial charge in [-0.05, 0) is 48.2 Å². The van der Waals surface area contributed by atoms with Crippen LogP contribution >= 0.6 is 0 Å². The second-order valence-electron chi connectivity index (χ2n) is 6.35. The minimum atomic E-state index is -0.397. The minimum Gasteiger partial charge on any atom is -0.378 e. The summed E-state index contributed by atoms with van der Waals surface area (Å²) in [6, 6.07) is 0. The average molecular weight is 387 g/mol. The molecular weight excluding hydrogens is 362 g/mol. The van der Waals surface area contributed by atoms with E-state index in [1.807, 2.05) is 20.0 Å². The van der Waals surface area contributed by atoms with Crippen molar-refractivity contribution in [3.63, 3.8) is 0 Å². The van der Waals surface area contributed by atoms with Gasteiger partial charge >= 0.3 is 0 Å². The van der Waals surface area contributed by atoms with Gasteiger partial charge in [0.15, 0.2) is 5.69 Å². The Bertz CT molecular complexity index is 864. The van der Waals surface area contributed by atoms with Gasteiger partial charge in [0.25, 0.3) is 5.91 Å². The van der Waals surface area contributed by atoms with Gasteiger partial charge in [-0.1, -0.05) is 31.2 Å². The molecule has 0 atom stereocenters. The Hall–Kier alpha value is -3.21. The van der Waals surface area contributed by atoms with E-state index in [2.05, 4.69) is 53.2 Å². The summed E-state index contributed by atoms with van der Waals surface area (Å²) < 4.78 is 6.05. The van der Waals surface area contributed by atoms with Gasteiger partial charge in [0.2, 0.25) is 11.6 Å². The van der Waals surface area contributed by atoms with E-state index < -0.39 is 5.91 Å². The number of hydrogen-bond acceptors (Lipinski definition) is 9. The summed E-state index contributed by atoms with van der Waals surface area (Å²) in [5, 5.41) is 15.4. The molecule has 0 aromatic carbocycles. The molecule has 1 amide bonds. The van der Waals surface area contributed by atoms with Crippen molar-refractivity contribution in [1.29, 1.82) is 0 Å². The number of nitrogens with two attached hydrogens (primary N) is 1. The molecule has 0 saturated carbocycles. The highest BCUT2D eigenvalue weighted by Crippen LogP contribution is 2.18. The van der Waals surface area contributed by atoms with Crippen LogP contribution in [0, 0.1) is 0 Å². The first-order chi connectivity index (χ1) is 13.6. The molecule has 28 heavy (non-hydrogen) atoms. The summed E-state index contributed by atoms with van der Waals surface area (Å²) >= 11 is 0. The van der Waals surface area contributed by atoms with Crippen molar-refractivity contribution in [3.05, 3.63) is 35.3 Å². The Morgan fingerprint density at radius 2 is 2.18 bits per heavy atom. The van der Waals surface area contributed by atoms with Crippen LogP contribution in [0.25, 0.3) is 5.82 Å². The standard InChI is InChI=1S/C17H25N9O2/c1-3-25(4-2)11-13-14(20-24-26(13)16-15(18)22-28-23-16)17(27)21-19-10-12-8-6-5-7-9-12/h5-6,10,19H,3-4,7-9,11H2,1-2H3,(H2,18,22)(H,21,27). The number of carbonyl (C=O) groups is 1. The third-order valence-corrected chi connectivity index (χ3v) is 4.58. The smallest absolute Gasteiger partial charge is 0.292 e. The normalized spacial score (nSPS) is 15.3. The molecule has 0 unspecified atom stereocenters. The molecule has 0 fully saturated rings. The summed E-state index contributed by atoms with van der Waals surface area (Å²) in [6.45, 7) is 6.12. The van der Waals surface area contributed by atoms with Crippen molar-refractivity contribution >= 4 is 11.7 Å². The van der Waals surface area contributed by atoms with Crippen LogP contribution in [0.2, 0.25) is 0 Å². The molecule has 2 aromatic rings. The zero-order valence-corrected chi connectivity index (χ0v) is 16.1. The van der Waals surface area contributed by atoms with Crippen LogP contribution in [0.1, 0.15) is 49.3 Å². The second-order valence-corrected chi connectivity index (χ2v) is 6.35. The third kappa shape index (κ3) is 4.36. The molecule has 0 saturated heterocycles. The number of aromatic nitrogens is 5. The molecular formula is C17H25N9O2. The predicted molar refractivity (Wildman–Crippen MR) is 102 cm³/mol. The molecule has 0 bridgehead atoms. The summed E-state index contributed by atoms with van der Waals surface area (Å²) in [6.07, 6.45) is 8.94. The van der Waals surface area contributed by atoms with E-state index in [9.17, 15) is 4.79 Å². The number of rotatable bonds is 8. The van der Waals surface area contributed by atoms with Gasteiger partial charge in [0, 0.05) is 12.7 Å². The summed E-state index contributed by atoms with van der Waals surface area (Å²) in [7, 11) is 0. The first kappa shape index (κ1) is 19.5. The lowest BCUT2D eigenvalue weighted by molar-refractivity contribution is 0.0933. The maximum absolute atomic E-state index is 12.7. The zero-order chi connectivity index (χ0) is 19.9. The quantitative estimate of drug-likeness (QED) is 0.445. The highest BCUT2D eigenvalue weighted by Gasteiger charge is 2.24.